The molecule has 2 bridgehead atoms. The van der Waals surface area contributed by atoms with Crippen molar-refractivity contribution in [1.82, 2.24) is 10.6 Å². The highest BCUT2D eigenvalue weighted by Gasteiger charge is 2.34. The van der Waals surface area contributed by atoms with Crippen LogP contribution in [0.4, 0.5) is 0 Å². The monoisotopic (exact) mass is 322 g/mol. The summed E-state index contributed by atoms with van der Waals surface area (Å²) in [5.74, 6) is 0.741. The zero-order chi connectivity index (χ0) is 16.5. The number of carbonyl (C=O) groups excluding carboxylic acids is 1. The molecule has 24 heavy (non-hydrogen) atoms. The van der Waals surface area contributed by atoms with E-state index in [-0.39, 0.29) is 11.9 Å². The van der Waals surface area contributed by atoms with E-state index in [1.54, 1.807) is 0 Å². The second-order valence-electron chi connectivity index (χ2n) is 7.54. The number of hydrogen-bond acceptors (Lipinski definition) is 2. The number of fused-ring (bicyclic) bond motifs is 3. The van der Waals surface area contributed by atoms with Crippen molar-refractivity contribution < 1.29 is 4.79 Å². The van der Waals surface area contributed by atoms with Crippen molar-refractivity contribution in [2.24, 2.45) is 5.92 Å². The van der Waals surface area contributed by atoms with Gasteiger partial charge in [-0.05, 0) is 54.9 Å². The normalized spacial score (nSPS) is 27.1. The Morgan fingerprint density at radius 2 is 1.83 bits per heavy atom. The summed E-state index contributed by atoms with van der Waals surface area (Å²) in [5, 5.41) is 9.33. The number of amides is 1. The van der Waals surface area contributed by atoms with Crippen molar-refractivity contribution in [2.45, 2.75) is 57.2 Å². The van der Waals surface area contributed by atoms with Crippen molar-refractivity contribution in [3.8, 4) is 0 Å². The Hall–Kier alpha value is -1.87. The average molecular weight is 322 g/mol. The molecule has 2 heterocycles. The van der Waals surface area contributed by atoms with E-state index in [0.717, 1.165) is 12.8 Å². The fourth-order valence-corrected chi connectivity index (χ4v) is 4.61. The first-order valence-electron chi connectivity index (χ1n) is 9.22. The van der Waals surface area contributed by atoms with Gasteiger partial charge in [-0.1, -0.05) is 42.5 Å². The van der Waals surface area contributed by atoms with E-state index in [0.29, 0.717) is 24.4 Å². The molecule has 3 atom stereocenters. The summed E-state index contributed by atoms with van der Waals surface area (Å²) in [4.78, 5) is 12.5. The largest absolute Gasteiger partial charge is 0.350 e. The minimum Gasteiger partial charge on any atom is -0.350 e. The molecule has 0 radical (unpaired) electrons. The first-order chi connectivity index (χ1) is 11.7. The number of hydrogen-bond donors (Lipinski definition) is 2. The van der Waals surface area contributed by atoms with E-state index in [9.17, 15) is 4.79 Å². The molecule has 1 amide bonds. The van der Waals surface area contributed by atoms with Crippen molar-refractivity contribution >= 4 is 16.7 Å². The lowest BCUT2D eigenvalue weighted by molar-refractivity contribution is -0.122. The van der Waals surface area contributed by atoms with E-state index < -0.39 is 0 Å². The Morgan fingerprint density at radius 3 is 2.62 bits per heavy atom. The lowest BCUT2D eigenvalue weighted by Crippen LogP contribution is -2.40. The fourth-order valence-electron chi connectivity index (χ4n) is 4.61. The second kappa shape index (κ2) is 6.56. The van der Waals surface area contributed by atoms with Crippen LogP contribution in [0.3, 0.4) is 0 Å². The van der Waals surface area contributed by atoms with Crippen LogP contribution in [0.1, 0.15) is 50.6 Å². The highest BCUT2D eigenvalue weighted by molar-refractivity contribution is 5.86. The van der Waals surface area contributed by atoms with Gasteiger partial charge in [0.2, 0.25) is 5.91 Å². The van der Waals surface area contributed by atoms with Gasteiger partial charge in [-0.25, -0.2) is 0 Å². The highest BCUT2D eigenvalue weighted by atomic mass is 16.1. The number of carbonyl (C=O) groups is 1. The summed E-state index contributed by atoms with van der Waals surface area (Å²) in [7, 11) is 0. The molecule has 2 aromatic rings. The van der Waals surface area contributed by atoms with Crippen LogP contribution < -0.4 is 10.6 Å². The van der Waals surface area contributed by atoms with Gasteiger partial charge >= 0.3 is 0 Å². The Morgan fingerprint density at radius 1 is 1.12 bits per heavy atom. The summed E-state index contributed by atoms with van der Waals surface area (Å²) in [6.45, 7) is 2.09. The predicted molar refractivity (Wildman–Crippen MR) is 97.8 cm³/mol. The van der Waals surface area contributed by atoms with Gasteiger partial charge in [0.25, 0.3) is 0 Å². The van der Waals surface area contributed by atoms with Crippen LogP contribution in [0.25, 0.3) is 10.8 Å². The third-order valence-corrected chi connectivity index (χ3v) is 5.71. The van der Waals surface area contributed by atoms with E-state index >= 15 is 0 Å². The molecule has 4 rings (SSSR count). The minimum atomic E-state index is 0.0436. The summed E-state index contributed by atoms with van der Waals surface area (Å²) in [6.07, 6.45) is 5.56. The molecule has 126 valence electrons. The van der Waals surface area contributed by atoms with Crippen molar-refractivity contribution in [2.75, 3.05) is 0 Å². The fraction of sp³-hybridized carbons (Fsp3) is 0.476. The van der Waals surface area contributed by atoms with Crippen LogP contribution in [0, 0.1) is 5.92 Å². The lowest BCUT2D eigenvalue weighted by Gasteiger charge is -2.29. The van der Waals surface area contributed by atoms with Gasteiger partial charge in [-0.2, -0.15) is 0 Å². The molecule has 2 aromatic carbocycles. The maximum atomic E-state index is 12.5. The van der Waals surface area contributed by atoms with Crippen LogP contribution in [0.2, 0.25) is 0 Å². The third kappa shape index (κ3) is 3.18. The molecule has 2 fully saturated rings. The van der Waals surface area contributed by atoms with E-state index in [1.165, 1.54) is 29.2 Å². The van der Waals surface area contributed by atoms with Gasteiger partial charge in [-0.3, -0.25) is 4.79 Å². The molecule has 3 unspecified atom stereocenters. The summed E-state index contributed by atoms with van der Waals surface area (Å²) in [6, 6.07) is 16.0. The number of piperidine rings is 1. The smallest absolute Gasteiger partial charge is 0.220 e. The van der Waals surface area contributed by atoms with Gasteiger partial charge in [0.15, 0.2) is 0 Å². The SMILES string of the molecule is CC(NC(=O)CC1CC2CCC(C1)N2)c1cccc2ccccc12. The third-order valence-electron chi connectivity index (χ3n) is 5.71. The Balaban J connectivity index is 1.41. The molecule has 2 aliphatic rings. The molecule has 0 spiro atoms. The van der Waals surface area contributed by atoms with E-state index in [2.05, 4.69) is 60.0 Å². The minimum absolute atomic E-state index is 0.0436. The molecular formula is C21H26N2O. The molecule has 3 nitrogen and oxygen atoms in total. The van der Waals surface area contributed by atoms with Gasteiger partial charge in [0.1, 0.15) is 0 Å². The molecule has 3 heteroatoms. The predicted octanol–water partition coefficient (Wildman–Crippen LogP) is 3.94. The van der Waals surface area contributed by atoms with E-state index in [4.69, 9.17) is 0 Å². The van der Waals surface area contributed by atoms with Crippen LogP contribution in [0.15, 0.2) is 42.5 Å². The summed E-state index contributed by atoms with van der Waals surface area (Å²) in [5.41, 5.74) is 1.20. The number of benzene rings is 2. The first-order valence-corrected chi connectivity index (χ1v) is 9.22. The molecule has 0 saturated carbocycles. The zero-order valence-corrected chi connectivity index (χ0v) is 14.3. The van der Waals surface area contributed by atoms with Gasteiger partial charge < -0.3 is 10.6 Å². The first kappa shape index (κ1) is 15.6. The molecule has 0 aliphatic carbocycles. The van der Waals surface area contributed by atoms with Gasteiger partial charge in [-0.15, -0.1) is 0 Å². The Kier molecular flexibility index (Phi) is 4.28. The van der Waals surface area contributed by atoms with Crippen LogP contribution in [-0.4, -0.2) is 18.0 Å². The average Bonchev–Trinajstić information content (AvgIpc) is 2.92. The maximum Gasteiger partial charge on any atom is 0.220 e. The summed E-state index contributed by atoms with van der Waals surface area (Å²) < 4.78 is 0. The molecule has 2 aliphatic heterocycles. The highest BCUT2D eigenvalue weighted by Crippen LogP contribution is 2.33. The maximum absolute atomic E-state index is 12.5. The van der Waals surface area contributed by atoms with Crippen LogP contribution >= 0.6 is 0 Å². The molecule has 0 aromatic heterocycles. The van der Waals surface area contributed by atoms with Crippen molar-refractivity contribution in [1.29, 1.82) is 0 Å². The quantitative estimate of drug-likeness (QED) is 0.895. The van der Waals surface area contributed by atoms with Gasteiger partial charge in [0, 0.05) is 18.5 Å². The van der Waals surface area contributed by atoms with Crippen molar-refractivity contribution in [3.63, 3.8) is 0 Å². The molecule has 2 N–H and O–H groups in total. The van der Waals surface area contributed by atoms with Gasteiger partial charge in [0.05, 0.1) is 6.04 Å². The van der Waals surface area contributed by atoms with Crippen molar-refractivity contribution in [3.05, 3.63) is 48.0 Å². The summed E-state index contributed by atoms with van der Waals surface area (Å²) >= 11 is 0. The zero-order valence-electron chi connectivity index (χ0n) is 14.3. The van der Waals surface area contributed by atoms with Crippen LogP contribution in [0.5, 0.6) is 0 Å². The van der Waals surface area contributed by atoms with Crippen LogP contribution in [-0.2, 0) is 4.79 Å². The Labute approximate surface area is 143 Å². The molecular weight excluding hydrogens is 296 g/mol. The Bertz CT molecular complexity index is 724. The number of rotatable bonds is 4. The second-order valence-corrected chi connectivity index (χ2v) is 7.54. The van der Waals surface area contributed by atoms with E-state index in [1.807, 2.05) is 0 Å². The standard InChI is InChI=1S/C21H26N2O/c1-14(19-8-4-6-16-5-2-3-7-20(16)19)22-21(24)13-15-11-17-9-10-18(12-15)23-17/h2-8,14-15,17-18,23H,9-13H2,1H3,(H,22,24). The lowest BCUT2D eigenvalue weighted by atomic mass is 9.89. The topological polar surface area (TPSA) is 41.1 Å². The molecule has 2 saturated heterocycles. The number of nitrogens with one attached hydrogen (secondary N) is 2.